The molecule has 1 rings (SSSR count). The van der Waals surface area contributed by atoms with Gasteiger partial charge in [-0.15, -0.1) is 0 Å². The van der Waals surface area contributed by atoms with Crippen molar-refractivity contribution in [3.05, 3.63) is 0 Å². The zero-order valence-corrected chi connectivity index (χ0v) is 10.0. The highest BCUT2D eigenvalue weighted by molar-refractivity contribution is 7.81. The summed E-state index contributed by atoms with van der Waals surface area (Å²) in [6, 6.07) is 0. The van der Waals surface area contributed by atoms with Gasteiger partial charge in [0.15, 0.2) is 5.79 Å². The SMILES string of the molecule is CO[P@@](=O)(Cl)OC[C@@H]1COC(C)(C)O1. The quantitative estimate of drug-likeness (QED) is 0.709. The Morgan fingerprint density at radius 1 is 1.64 bits per heavy atom. The van der Waals surface area contributed by atoms with E-state index in [-0.39, 0.29) is 12.7 Å². The van der Waals surface area contributed by atoms with Crippen molar-refractivity contribution in [1.82, 2.24) is 0 Å². The summed E-state index contributed by atoms with van der Waals surface area (Å²) in [6.07, 6.45) is -0.257. The largest absolute Gasteiger partial charge is 0.424 e. The minimum Gasteiger partial charge on any atom is -0.348 e. The Hall–Kier alpha value is 0.360. The Morgan fingerprint density at radius 3 is 2.71 bits per heavy atom. The van der Waals surface area contributed by atoms with Crippen molar-refractivity contribution in [2.45, 2.75) is 25.7 Å². The summed E-state index contributed by atoms with van der Waals surface area (Å²) in [5.74, 6) is -0.614. The average Bonchev–Trinajstić information content (AvgIpc) is 2.43. The molecule has 5 nitrogen and oxygen atoms in total. The highest BCUT2D eigenvalue weighted by Crippen LogP contribution is 2.52. The van der Waals surface area contributed by atoms with Gasteiger partial charge in [-0.25, -0.2) is 4.57 Å². The van der Waals surface area contributed by atoms with Crippen molar-refractivity contribution < 1.29 is 23.1 Å². The van der Waals surface area contributed by atoms with Crippen LogP contribution >= 0.6 is 18.2 Å². The third-order valence-electron chi connectivity index (χ3n) is 1.70. The molecule has 7 heteroatoms. The van der Waals surface area contributed by atoms with Gasteiger partial charge in [-0.1, -0.05) is 0 Å². The topological polar surface area (TPSA) is 54.0 Å². The normalized spacial score (nSPS) is 30.1. The first-order valence-electron chi connectivity index (χ1n) is 4.16. The van der Waals surface area contributed by atoms with E-state index in [2.05, 4.69) is 4.52 Å². The molecule has 0 amide bonds. The van der Waals surface area contributed by atoms with Crippen LogP contribution < -0.4 is 0 Å². The molecule has 1 aliphatic heterocycles. The molecule has 0 saturated carbocycles. The molecule has 1 aliphatic rings. The van der Waals surface area contributed by atoms with Crippen molar-refractivity contribution in [2.24, 2.45) is 0 Å². The van der Waals surface area contributed by atoms with Gasteiger partial charge in [0, 0.05) is 18.4 Å². The van der Waals surface area contributed by atoms with Crippen molar-refractivity contribution in [3.8, 4) is 0 Å². The van der Waals surface area contributed by atoms with Crippen LogP contribution in [0.5, 0.6) is 0 Å². The van der Waals surface area contributed by atoms with Gasteiger partial charge in [0.2, 0.25) is 0 Å². The monoisotopic (exact) mass is 244 g/mol. The van der Waals surface area contributed by atoms with E-state index in [9.17, 15) is 4.57 Å². The molecule has 1 heterocycles. The first kappa shape index (κ1) is 12.4. The third kappa shape index (κ3) is 3.85. The van der Waals surface area contributed by atoms with E-state index >= 15 is 0 Å². The van der Waals surface area contributed by atoms with Crippen LogP contribution in [0.2, 0.25) is 0 Å². The Bertz CT molecular complexity index is 244. The molecule has 0 radical (unpaired) electrons. The molecule has 1 saturated heterocycles. The van der Waals surface area contributed by atoms with Crippen LogP contribution in [-0.2, 0) is 23.1 Å². The Morgan fingerprint density at radius 2 is 2.29 bits per heavy atom. The van der Waals surface area contributed by atoms with E-state index in [1.165, 1.54) is 7.11 Å². The summed E-state index contributed by atoms with van der Waals surface area (Å²) >= 11 is 5.38. The summed E-state index contributed by atoms with van der Waals surface area (Å²) in [6.45, 7) is 0.651. The maximum absolute atomic E-state index is 11.1. The van der Waals surface area contributed by atoms with Crippen molar-refractivity contribution in [3.63, 3.8) is 0 Å². The smallest absolute Gasteiger partial charge is 0.348 e. The number of ether oxygens (including phenoxy) is 2. The lowest BCUT2D eigenvalue weighted by atomic mass is 10.4. The van der Waals surface area contributed by atoms with Crippen LogP contribution in [0.4, 0.5) is 0 Å². The molecular formula is C7H14ClO5P. The second-order valence-electron chi connectivity index (χ2n) is 3.36. The van der Waals surface area contributed by atoms with Gasteiger partial charge in [0.1, 0.15) is 6.10 Å². The number of hydrogen-bond acceptors (Lipinski definition) is 5. The minimum absolute atomic E-state index is 0.0953. The molecule has 14 heavy (non-hydrogen) atoms. The summed E-state index contributed by atoms with van der Waals surface area (Å²) < 4.78 is 31.1. The second-order valence-corrected chi connectivity index (χ2v) is 6.09. The molecule has 0 N–H and O–H groups in total. The lowest BCUT2D eigenvalue weighted by Crippen LogP contribution is -2.23. The van der Waals surface area contributed by atoms with E-state index in [0.717, 1.165) is 0 Å². The number of halogens is 1. The molecule has 0 aromatic rings. The van der Waals surface area contributed by atoms with E-state index in [0.29, 0.717) is 6.61 Å². The average molecular weight is 245 g/mol. The van der Waals surface area contributed by atoms with Crippen molar-refractivity contribution in [1.29, 1.82) is 0 Å². The summed E-state index contributed by atoms with van der Waals surface area (Å²) in [7, 11) is 1.23. The van der Waals surface area contributed by atoms with Crippen LogP contribution in [0, 0.1) is 0 Å². The standard InChI is InChI=1S/C7H14ClO5P/c1-7(2)11-4-6(13-7)5-12-14(8,9)10-3/h6H,4-5H2,1-3H3/t6-,14-/m0/s1. The predicted molar refractivity (Wildman–Crippen MR) is 51.3 cm³/mol. The van der Waals surface area contributed by atoms with Gasteiger partial charge in [0.25, 0.3) is 0 Å². The summed E-state index contributed by atoms with van der Waals surface area (Å²) in [5.41, 5.74) is 0. The van der Waals surface area contributed by atoms with Gasteiger partial charge in [-0.05, 0) is 13.8 Å². The first-order chi connectivity index (χ1) is 6.35. The van der Waals surface area contributed by atoms with Crippen LogP contribution in [-0.4, -0.2) is 32.2 Å². The van der Waals surface area contributed by atoms with Gasteiger partial charge in [0.05, 0.1) is 13.2 Å². The fraction of sp³-hybridized carbons (Fsp3) is 1.00. The summed E-state index contributed by atoms with van der Waals surface area (Å²) in [4.78, 5) is 0. The number of rotatable bonds is 4. The van der Waals surface area contributed by atoms with Crippen LogP contribution in [0.1, 0.15) is 13.8 Å². The molecular weight excluding hydrogens is 230 g/mol. The molecule has 0 aliphatic carbocycles. The minimum atomic E-state index is -3.43. The van der Waals surface area contributed by atoms with Crippen LogP contribution in [0.25, 0.3) is 0 Å². The molecule has 0 spiro atoms. The molecule has 0 aromatic heterocycles. The van der Waals surface area contributed by atoms with Gasteiger partial charge in [-0.3, -0.25) is 4.52 Å². The van der Waals surface area contributed by atoms with Crippen molar-refractivity contribution in [2.75, 3.05) is 20.3 Å². The Labute approximate surface area is 87.9 Å². The predicted octanol–water partition coefficient (Wildman–Crippen LogP) is 2.15. The van der Waals surface area contributed by atoms with E-state index < -0.39 is 12.7 Å². The lowest BCUT2D eigenvalue weighted by Gasteiger charge is -2.17. The molecule has 0 unspecified atom stereocenters. The van der Waals surface area contributed by atoms with E-state index in [1.807, 2.05) is 0 Å². The Kier molecular flexibility index (Phi) is 3.97. The van der Waals surface area contributed by atoms with Gasteiger partial charge in [-0.2, -0.15) is 0 Å². The fourth-order valence-corrected chi connectivity index (χ4v) is 1.69. The lowest BCUT2D eigenvalue weighted by molar-refractivity contribution is -0.141. The zero-order chi connectivity index (χ0) is 10.8. The molecule has 0 bridgehead atoms. The maximum Gasteiger partial charge on any atom is 0.424 e. The maximum atomic E-state index is 11.1. The second kappa shape index (κ2) is 4.47. The molecule has 1 fully saturated rings. The van der Waals surface area contributed by atoms with Gasteiger partial charge >= 0.3 is 6.95 Å². The highest BCUT2D eigenvalue weighted by atomic mass is 35.7. The van der Waals surface area contributed by atoms with Crippen LogP contribution in [0.3, 0.4) is 0 Å². The van der Waals surface area contributed by atoms with Gasteiger partial charge < -0.3 is 14.0 Å². The zero-order valence-electron chi connectivity index (χ0n) is 8.36. The molecule has 2 atom stereocenters. The fourth-order valence-electron chi connectivity index (χ4n) is 1.07. The van der Waals surface area contributed by atoms with Crippen LogP contribution in [0.15, 0.2) is 0 Å². The summed E-state index contributed by atoms with van der Waals surface area (Å²) in [5, 5.41) is 0. The number of hydrogen-bond donors (Lipinski definition) is 0. The van der Waals surface area contributed by atoms with E-state index in [4.69, 9.17) is 25.2 Å². The Balaban J connectivity index is 2.31. The van der Waals surface area contributed by atoms with E-state index in [1.54, 1.807) is 13.8 Å². The third-order valence-corrected chi connectivity index (χ3v) is 3.30. The molecule has 84 valence electrons. The van der Waals surface area contributed by atoms with Crippen molar-refractivity contribution >= 4 is 18.2 Å². The first-order valence-corrected chi connectivity index (χ1v) is 6.61. The highest BCUT2D eigenvalue weighted by Gasteiger charge is 2.34. The molecule has 0 aromatic carbocycles.